The number of aromatic amines is 2. The number of aryl methyl sites for hydroxylation is 1. The van der Waals surface area contributed by atoms with Gasteiger partial charge >= 0.3 is 11.4 Å². The fraction of sp³-hybridized carbons (Fsp3) is 0.625. The van der Waals surface area contributed by atoms with Crippen molar-refractivity contribution in [3.8, 4) is 0 Å². The lowest BCUT2D eigenvalue weighted by molar-refractivity contribution is 0.681. The van der Waals surface area contributed by atoms with Crippen molar-refractivity contribution in [1.29, 1.82) is 0 Å². The van der Waals surface area contributed by atoms with Crippen molar-refractivity contribution >= 4 is 0 Å². The summed E-state index contributed by atoms with van der Waals surface area (Å²) in [5, 5.41) is 0. The molecule has 0 saturated carbocycles. The standard InChI is InChI=1S/C8H13N3O2/c1-2-3-4-5-6-9-7(12)11-8(13)10-6/h2-5H2,1H3,(H2,9,10,11,12,13). The zero-order chi connectivity index (χ0) is 9.68. The zero-order valence-corrected chi connectivity index (χ0v) is 7.59. The Hall–Kier alpha value is -1.39. The molecule has 0 amide bonds. The average molecular weight is 183 g/mol. The van der Waals surface area contributed by atoms with E-state index in [0.29, 0.717) is 12.2 Å². The molecule has 1 heterocycles. The minimum Gasteiger partial charge on any atom is -0.295 e. The molecule has 0 unspecified atom stereocenters. The maximum Gasteiger partial charge on any atom is 0.350 e. The third-order valence-corrected chi connectivity index (χ3v) is 1.73. The van der Waals surface area contributed by atoms with E-state index in [-0.39, 0.29) is 0 Å². The third kappa shape index (κ3) is 3.23. The summed E-state index contributed by atoms with van der Waals surface area (Å²) in [7, 11) is 0. The highest BCUT2D eigenvalue weighted by Crippen LogP contribution is 1.98. The Bertz CT molecular complexity index is 338. The van der Waals surface area contributed by atoms with Crippen LogP contribution in [0.15, 0.2) is 9.59 Å². The molecule has 1 aromatic heterocycles. The van der Waals surface area contributed by atoms with Crippen LogP contribution >= 0.6 is 0 Å². The van der Waals surface area contributed by atoms with Crippen LogP contribution in [0.3, 0.4) is 0 Å². The van der Waals surface area contributed by atoms with Gasteiger partial charge in [-0.15, -0.1) is 0 Å². The Morgan fingerprint density at radius 1 is 1.23 bits per heavy atom. The molecule has 1 aromatic rings. The first-order chi connectivity index (χ1) is 6.22. The number of aromatic nitrogens is 3. The van der Waals surface area contributed by atoms with Crippen molar-refractivity contribution in [2.45, 2.75) is 32.6 Å². The van der Waals surface area contributed by atoms with Gasteiger partial charge in [-0.2, -0.15) is 4.98 Å². The first-order valence-corrected chi connectivity index (χ1v) is 4.42. The van der Waals surface area contributed by atoms with Gasteiger partial charge in [0.2, 0.25) is 0 Å². The minimum atomic E-state index is -0.574. The molecule has 5 heteroatoms. The van der Waals surface area contributed by atoms with Gasteiger partial charge in [-0.1, -0.05) is 19.8 Å². The fourth-order valence-corrected chi connectivity index (χ4v) is 1.10. The van der Waals surface area contributed by atoms with E-state index in [1.807, 2.05) is 4.98 Å². The predicted molar refractivity (Wildman–Crippen MR) is 48.7 cm³/mol. The summed E-state index contributed by atoms with van der Waals surface area (Å²) >= 11 is 0. The molecule has 0 bridgehead atoms. The van der Waals surface area contributed by atoms with Crippen molar-refractivity contribution < 1.29 is 0 Å². The van der Waals surface area contributed by atoms with E-state index in [9.17, 15) is 9.59 Å². The number of nitrogens with zero attached hydrogens (tertiary/aromatic N) is 1. The fourth-order valence-electron chi connectivity index (χ4n) is 1.10. The normalized spacial score (nSPS) is 10.2. The molecular formula is C8H13N3O2. The van der Waals surface area contributed by atoms with Crippen LogP contribution in [0.4, 0.5) is 0 Å². The van der Waals surface area contributed by atoms with Gasteiger partial charge in [0.1, 0.15) is 5.82 Å². The molecule has 1 rings (SSSR count). The molecule has 5 nitrogen and oxygen atoms in total. The van der Waals surface area contributed by atoms with E-state index in [4.69, 9.17) is 0 Å². The van der Waals surface area contributed by atoms with Crippen LogP contribution in [-0.4, -0.2) is 15.0 Å². The van der Waals surface area contributed by atoms with E-state index in [1.165, 1.54) is 0 Å². The summed E-state index contributed by atoms with van der Waals surface area (Å²) in [5.41, 5.74) is -1.05. The average Bonchev–Trinajstić information content (AvgIpc) is 2.03. The second kappa shape index (κ2) is 4.59. The van der Waals surface area contributed by atoms with Crippen molar-refractivity contribution in [3.63, 3.8) is 0 Å². The van der Waals surface area contributed by atoms with Crippen LogP contribution in [0.1, 0.15) is 32.0 Å². The Labute approximate surface area is 75.2 Å². The van der Waals surface area contributed by atoms with Gasteiger partial charge in [0.15, 0.2) is 0 Å². The molecule has 0 saturated heterocycles. The monoisotopic (exact) mass is 183 g/mol. The number of rotatable bonds is 4. The lowest BCUT2D eigenvalue weighted by atomic mass is 10.2. The molecule has 13 heavy (non-hydrogen) atoms. The summed E-state index contributed by atoms with van der Waals surface area (Å²) in [5.74, 6) is 0.474. The summed E-state index contributed by atoms with van der Waals surface area (Å²) in [6.07, 6.45) is 3.79. The Balaban J connectivity index is 2.67. The maximum absolute atomic E-state index is 10.8. The van der Waals surface area contributed by atoms with Gasteiger partial charge in [0.25, 0.3) is 0 Å². The molecule has 0 aliphatic rings. The Morgan fingerprint density at radius 2 is 2.00 bits per heavy atom. The van der Waals surface area contributed by atoms with Crippen LogP contribution in [-0.2, 0) is 6.42 Å². The lowest BCUT2D eigenvalue weighted by Gasteiger charge is -1.96. The summed E-state index contributed by atoms with van der Waals surface area (Å²) in [6.45, 7) is 2.09. The first-order valence-electron chi connectivity index (χ1n) is 4.42. The van der Waals surface area contributed by atoms with Crippen molar-refractivity contribution in [3.05, 3.63) is 26.8 Å². The summed E-state index contributed by atoms with van der Waals surface area (Å²) in [4.78, 5) is 29.7. The zero-order valence-electron chi connectivity index (χ0n) is 7.59. The van der Waals surface area contributed by atoms with Crippen LogP contribution in [0, 0.1) is 0 Å². The highest BCUT2D eigenvalue weighted by atomic mass is 16.2. The quantitative estimate of drug-likeness (QED) is 0.654. The highest BCUT2D eigenvalue weighted by molar-refractivity contribution is 4.81. The molecule has 0 spiro atoms. The SMILES string of the molecule is CCCCCc1nc(=O)[nH]c(=O)[nH]1. The van der Waals surface area contributed by atoms with Gasteiger partial charge in [0.05, 0.1) is 0 Å². The smallest absolute Gasteiger partial charge is 0.295 e. The predicted octanol–water partition coefficient (Wildman–Crippen LogP) is 0.191. The Morgan fingerprint density at radius 3 is 2.62 bits per heavy atom. The minimum absolute atomic E-state index is 0.474. The van der Waals surface area contributed by atoms with Crippen LogP contribution < -0.4 is 11.4 Å². The van der Waals surface area contributed by atoms with E-state index in [2.05, 4.69) is 16.9 Å². The largest absolute Gasteiger partial charge is 0.350 e. The summed E-state index contributed by atoms with van der Waals surface area (Å²) in [6, 6.07) is 0. The number of nitrogens with one attached hydrogen (secondary N) is 2. The molecule has 2 N–H and O–H groups in total. The summed E-state index contributed by atoms with van der Waals surface area (Å²) < 4.78 is 0. The maximum atomic E-state index is 10.8. The van der Waals surface area contributed by atoms with Crippen LogP contribution in [0.25, 0.3) is 0 Å². The topological polar surface area (TPSA) is 78.6 Å². The first kappa shape index (κ1) is 9.70. The van der Waals surface area contributed by atoms with E-state index in [1.54, 1.807) is 0 Å². The Kier molecular flexibility index (Phi) is 3.42. The molecule has 0 aliphatic carbocycles. The number of hydrogen-bond donors (Lipinski definition) is 2. The second-order valence-corrected chi connectivity index (χ2v) is 2.90. The van der Waals surface area contributed by atoms with E-state index in [0.717, 1.165) is 19.3 Å². The number of H-pyrrole nitrogens is 2. The van der Waals surface area contributed by atoms with Crippen LogP contribution in [0.2, 0.25) is 0 Å². The van der Waals surface area contributed by atoms with Crippen LogP contribution in [0.5, 0.6) is 0 Å². The molecular weight excluding hydrogens is 170 g/mol. The van der Waals surface area contributed by atoms with Gasteiger partial charge in [-0.3, -0.25) is 9.97 Å². The number of hydrogen-bond acceptors (Lipinski definition) is 3. The van der Waals surface area contributed by atoms with Gasteiger partial charge in [0, 0.05) is 6.42 Å². The van der Waals surface area contributed by atoms with E-state index < -0.39 is 11.4 Å². The molecule has 0 aliphatic heterocycles. The second-order valence-electron chi connectivity index (χ2n) is 2.90. The molecule has 72 valence electrons. The molecule has 0 atom stereocenters. The van der Waals surface area contributed by atoms with Gasteiger partial charge in [-0.25, -0.2) is 9.59 Å². The van der Waals surface area contributed by atoms with Gasteiger partial charge in [-0.05, 0) is 6.42 Å². The van der Waals surface area contributed by atoms with Crippen molar-refractivity contribution in [2.75, 3.05) is 0 Å². The van der Waals surface area contributed by atoms with Gasteiger partial charge < -0.3 is 0 Å². The van der Waals surface area contributed by atoms with Crippen molar-refractivity contribution in [2.24, 2.45) is 0 Å². The lowest BCUT2D eigenvalue weighted by Crippen LogP contribution is -2.26. The molecule has 0 radical (unpaired) electrons. The van der Waals surface area contributed by atoms with Crippen molar-refractivity contribution in [1.82, 2.24) is 15.0 Å². The molecule has 0 fully saturated rings. The molecule has 0 aromatic carbocycles. The highest BCUT2D eigenvalue weighted by Gasteiger charge is 1.97. The number of unbranched alkanes of at least 4 members (excludes halogenated alkanes) is 2. The third-order valence-electron chi connectivity index (χ3n) is 1.73. The van der Waals surface area contributed by atoms with E-state index >= 15 is 0 Å².